The molecule has 0 spiro atoms. The Morgan fingerprint density at radius 2 is 1.56 bits per heavy atom. The first kappa shape index (κ1) is 16.7. The molecule has 3 rings (SSSR count). The summed E-state index contributed by atoms with van der Waals surface area (Å²) in [6.45, 7) is 0. The minimum Gasteiger partial charge on any atom is -0.329 e. The number of nitrogens with zero attached hydrogens (tertiary/aromatic N) is 1. The van der Waals surface area contributed by atoms with Crippen LogP contribution in [0.5, 0.6) is 0 Å². The summed E-state index contributed by atoms with van der Waals surface area (Å²) < 4.78 is 38.0. The van der Waals surface area contributed by atoms with E-state index in [0.29, 0.717) is 5.06 Å². The third-order valence-electron chi connectivity index (χ3n) is 3.55. The molecule has 0 N–H and O–H groups in total. The summed E-state index contributed by atoms with van der Waals surface area (Å²) in [5.74, 6) is -2.61. The molecule has 128 valence electrons. The highest BCUT2D eigenvalue weighted by molar-refractivity contribution is 6.20. The van der Waals surface area contributed by atoms with Gasteiger partial charge in [0.15, 0.2) is 0 Å². The van der Waals surface area contributed by atoms with Crippen molar-refractivity contribution in [2.24, 2.45) is 0 Å². The molecule has 1 aliphatic rings. The molecule has 0 saturated carbocycles. The van der Waals surface area contributed by atoms with E-state index in [9.17, 15) is 27.6 Å². The number of alkyl halides is 3. The van der Waals surface area contributed by atoms with Crippen molar-refractivity contribution in [3.8, 4) is 0 Å². The summed E-state index contributed by atoms with van der Waals surface area (Å²) in [4.78, 5) is 40.8. The van der Waals surface area contributed by atoms with Crippen LogP contribution >= 0.6 is 0 Å². The molecule has 0 atom stereocenters. The molecule has 25 heavy (non-hydrogen) atoms. The van der Waals surface area contributed by atoms with Crippen LogP contribution in [-0.4, -0.2) is 22.8 Å². The number of halogens is 3. The average Bonchev–Trinajstić information content (AvgIpc) is 2.80. The second-order valence-electron chi connectivity index (χ2n) is 5.29. The first-order valence-electron chi connectivity index (χ1n) is 7.12. The van der Waals surface area contributed by atoms with Crippen LogP contribution in [0, 0.1) is 0 Å². The Balaban J connectivity index is 1.72. The van der Waals surface area contributed by atoms with E-state index < -0.39 is 35.9 Å². The molecule has 5 nitrogen and oxygen atoms in total. The number of fused-ring (bicyclic) bond motifs is 1. The zero-order chi connectivity index (χ0) is 18.2. The molecular formula is C17H10F3NO4. The molecule has 0 fully saturated rings. The maximum Gasteiger partial charge on any atom is 0.416 e. The van der Waals surface area contributed by atoms with E-state index in [1.54, 1.807) is 12.1 Å². The van der Waals surface area contributed by atoms with Gasteiger partial charge in [-0.25, -0.2) is 4.79 Å². The minimum absolute atomic E-state index is 0.0523. The fourth-order valence-electron chi connectivity index (χ4n) is 2.41. The van der Waals surface area contributed by atoms with Gasteiger partial charge in [0.05, 0.1) is 23.1 Å². The Labute approximate surface area is 139 Å². The van der Waals surface area contributed by atoms with Crippen molar-refractivity contribution in [3.63, 3.8) is 0 Å². The van der Waals surface area contributed by atoms with Crippen molar-refractivity contribution < 1.29 is 32.4 Å². The van der Waals surface area contributed by atoms with Gasteiger partial charge in [-0.15, -0.1) is 0 Å². The smallest absolute Gasteiger partial charge is 0.329 e. The maximum absolute atomic E-state index is 12.7. The summed E-state index contributed by atoms with van der Waals surface area (Å²) in [5.41, 5.74) is -0.659. The van der Waals surface area contributed by atoms with Crippen molar-refractivity contribution in [2.75, 3.05) is 0 Å². The molecule has 8 heteroatoms. The van der Waals surface area contributed by atoms with Crippen LogP contribution < -0.4 is 0 Å². The molecule has 1 heterocycles. The second-order valence-corrected chi connectivity index (χ2v) is 5.29. The van der Waals surface area contributed by atoms with Crippen LogP contribution in [-0.2, 0) is 22.2 Å². The number of imide groups is 1. The molecule has 0 radical (unpaired) electrons. The fourth-order valence-corrected chi connectivity index (χ4v) is 2.41. The van der Waals surface area contributed by atoms with Gasteiger partial charge < -0.3 is 4.84 Å². The average molecular weight is 349 g/mol. The van der Waals surface area contributed by atoms with Crippen molar-refractivity contribution in [2.45, 2.75) is 12.6 Å². The van der Waals surface area contributed by atoms with Gasteiger partial charge in [0, 0.05) is 0 Å². The van der Waals surface area contributed by atoms with Gasteiger partial charge >= 0.3 is 12.1 Å². The predicted molar refractivity (Wildman–Crippen MR) is 78.2 cm³/mol. The summed E-state index contributed by atoms with van der Waals surface area (Å²) in [7, 11) is 0. The first-order valence-corrected chi connectivity index (χ1v) is 7.12. The maximum atomic E-state index is 12.7. The Kier molecular flexibility index (Phi) is 4.03. The SMILES string of the molecule is O=C(Cc1cccc(C(F)(F)F)c1)ON1C(=O)c2ccccc2C1=O. The van der Waals surface area contributed by atoms with Gasteiger partial charge in [-0.2, -0.15) is 13.2 Å². The van der Waals surface area contributed by atoms with Gasteiger partial charge in [-0.1, -0.05) is 35.4 Å². The molecule has 2 aromatic carbocycles. The number of carbonyl (C=O) groups excluding carboxylic acids is 3. The van der Waals surface area contributed by atoms with Crippen molar-refractivity contribution >= 4 is 17.8 Å². The predicted octanol–water partition coefficient (Wildman–Crippen LogP) is 3.00. The van der Waals surface area contributed by atoms with Gasteiger partial charge in [-0.05, 0) is 23.8 Å². The van der Waals surface area contributed by atoms with Crippen LogP contribution in [0.4, 0.5) is 13.2 Å². The zero-order valence-electron chi connectivity index (χ0n) is 12.5. The number of hydrogen-bond donors (Lipinski definition) is 0. The highest BCUT2D eigenvalue weighted by Gasteiger charge is 2.38. The number of amides is 2. The van der Waals surface area contributed by atoms with Gasteiger partial charge in [-0.3, -0.25) is 9.59 Å². The molecule has 1 aliphatic heterocycles. The first-order chi connectivity index (χ1) is 11.8. The van der Waals surface area contributed by atoms with E-state index in [1.807, 2.05) is 0 Å². The zero-order valence-corrected chi connectivity index (χ0v) is 12.5. The fraction of sp³-hybridized carbons (Fsp3) is 0.118. The van der Waals surface area contributed by atoms with Crippen molar-refractivity contribution in [3.05, 3.63) is 70.8 Å². The van der Waals surface area contributed by atoms with Crippen LogP contribution in [0.15, 0.2) is 48.5 Å². The molecule has 0 saturated heterocycles. The van der Waals surface area contributed by atoms with Crippen LogP contribution in [0.2, 0.25) is 0 Å². The number of hydrogen-bond acceptors (Lipinski definition) is 4. The van der Waals surface area contributed by atoms with Crippen molar-refractivity contribution in [1.29, 1.82) is 0 Å². The lowest BCUT2D eigenvalue weighted by atomic mass is 10.1. The molecule has 0 aromatic heterocycles. The monoisotopic (exact) mass is 349 g/mol. The Morgan fingerprint density at radius 1 is 0.960 bits per heavy atom. The molecule has 2 amide bonds. The van der Waals surface area contributed by atoms with Gasteiger partial charge in [0.2, 0.25) is 0 Å². The number of benzene rings is 2. The second kappa shape index (κ2) is 6.04. The summed E-state index contributed by atoms with van der Waals surface area (Å²) in [6.07, 6.45) is -5.06. The third-order valence-corrected chi connectivity index (χ3v) is 3.55. The molecule has 2 aromatic rings. The quantitative estimate of drug-likeness (QED) is 0.799. The van der Waals surface area contributed by atoms with E-state index in [2.05, 4.69) is 0 Å². The lowest BCUT2D eigenvalue weighted by Gasteiger charge is -2.13. The molecule has 0 unspecified atom stereocenters. The number of carbonyl (C=O) groups is 3. The molecule has 0 bridgehead atoms. The van der Waals surface area contributed by atoms with E-state index in [0.717, 1.165) is 18.2 Å². The number of rotatable bonds is 3. The highest BCUT2D eigenvalue weighted by Crippen LogP contribution is 2.29. The summed E-state index contributed by atoms with van der Waals surface area (Å²) in [6, 6.07) is 10.1. The molecular weight excluding hydrogens is 339 g/mol. The van der Waals surface area contributed by atoms with Gasteiger partial charge in [0.25, 0.3) is 11.8 Å². The van der Waals surface area contributed by atoms with Crippen LogP contribution in [0.25, 0.3) is 0 Å². The molecule has 0 aliphatic carbocycles. The summed E-state index contributed by atoms with van der Waals surface area (Å²) >= 11 is 0. The standard InChI is InChI=1S/C17H10F3NO4/c18-17(19,20)11-5-3-4-10(8-11)9-14(22)25-21-15(23)12-6-1-2-7-13(12)16(21)24/h1-8H,9H2. The topological polar surface area (TPSA) is 63.7 Å². The van der Waals surface area contributed by atoms with Gasteiger partial charge in [0.1, 0.15) is 0 Å². The van der Waals surface area contributed by atoms with E-state index in [-0.39, 0.29) is 16.7 Å². The minimum atomic E-state index is -4.54. The van der Waals surface area contributed by atoms with E-state index >= 15 is 0 Å². The van der Waals surface area contributed by atoms with Crippen molar-refractivity contribution in [1.82, 2.24) is 5.06 Å². The number of hydroxylamine groups is 2. The third kappa shape index (κ3) is 3.23. The Bertz CT molecular complexity index is 841. The largest absolute Gasteiger partial charge is 0.416 e. The highest BCUT2D eigenvalue weighted by atomic mass is 19.4. The van der Waals surface area contributed by atoms with E-state index in [1.165, 1.54) is 18.2 Å². The van der Waals surface area contributed by atoms with Crippen LogP contribution in [0.1, 0.15) is 31.8 Å². The Hall–Kier alpha value is -3.16. The summed E-state index contributed by atoms with van der Waals surface area (Å²) in [5, 5.41) is 0.320. The lowest BCUT2D eigenvalue weighted by Crippen LogP contribution is -2.33. The Morgan fingerprint density at radius 3 is 2.12 bits per heavy atom. The normalized spacial score (nSPS) is 13.8. The van der Waals surface area contributed by atoms with Crippen LogP contribution in [0.3, 0.4) is 0 Å². The van der Waals surface area contributed by atoms with E-state index in [4.69, 9.17) is 4.84 Å². The lowest BCUT2D eigenvalue weighted by molar-refractivity contribution is -0.167.